The molecule has 1 aliphatic rings. The molecule has 2 rings (SSSR count). The molecule has 1 saturated heterocycles. The smallest absolute Gasteiger partial charge is 0.227 e. The van der Waals surface area contributed by atoms with Crippen LogP contribution in [0.5, 0.6) is 0 Å². The summed E-state index contributed by atoms with van der Waals surface area (Å²) in [6.45, 7) is 8.85. The van der Waals surface area contributed by atoms with E-state index in [1.807, 2.05) is 31.4 Å². The molecule has 6 heteroatoms. The Kier molecular flexibility index (Phi) is 5.82. The van der Waals surface area contributed by atoms with Crippen LogP contribution in [0.25, 0.3) is 0 Å². The van der Waals surface area contributed by atoms with Crippen LogP contribution in [-0.2, 0) is 11.8 Å². The van der Waals surface area contributed by atoms with E-state index < -0.39 is 0 Å². The molecule has 21 heavy (non-hydrogen) atoms. The zero-order chi connectivity index (χ0) is 14.9. The Morgan fingerprint density at radius 3 is 2.67 bits per heavy atom. The van der Waals surface area contributed by atoms with Gasteiger partial charge in [0.2, 0.25) is 5.91 Å². The van der Waals surface area contributed by atoms with Gasteiger partial charge in [0.05, 0.1) is 12.1 Å². The molecule has 0 bridgehead atoms. The van der Waals surface area contributed by atoms with E-state index in [2.05, 4.69) is 31.2 Å². The van der Waals surface area contributed by atoms with Crippen molar-refractivity contribution in [3.63, 3.8) is 0 Å². The predicted octanol–water partition coefficient (Wildman–Crippen LogP) is 1.65. The fraction of sp³-hybridized carbons (Fsp3) is 0.733. The van der Waals surface area contributed by atoms with Gasteiger partial charge < -0.3 is 10.2 Å². The van der Waals surface area contributed by atoms with Crippen LogP contribution >= 0.6 is 12.4 Å². The van der Waals surface area contributed by atoms with Gasteiger partial charge in [-0.15, -0.1) is 12.4 Å². The minimum absolute atomic E-state index is 0. The van der Waals surface area contributed by atoms with Crippen molar-refractivity contribution in [1.29, 1.82) is 0 Å². The average Bonchev–Trinajstić information content (AvgIpc) is 2.93. The van der Waals surface area contributed by atoms with E-state index in [4.69, 9.17) is 0 Å². The van der Waals surface area contributed by atoms with Crippen LogP contribution in [0, 0.1) is 11.3 Å². The lowest BCUT2D eigenvalue weighted by Gasteiger charge is -2.30. The molecule has 0 aliphatic carbocycles. The highest BCUT2D eigenvalue weighted by Gasteiger charge is 2.36. The monoisotopic (exact) mass is 314 g/mol. The molecular formula is C15H27ClN4O. The lowest BCUT2D eigenvalue weighted by Crippen LogP contribution is -2.40. The second kappa shape index (κ2) is 6.79. The van der Waals surface area contributed by atoms with Gasteiger partial charge in [-0.05, 0) is 11.0 Å². The third-order valence-corrected chi connectivity index (χ3v) is 3.77. The highest BCUT2D eigenvalue weighted by atomic mass is 35.5. The van der Waals surface area contributed by atoms with Crippen LogP contribution < -0.4 is 5.32 Å². The Bertz CT molecular complexity index is 480. The first kappa shape index (κ1) is 18.0. The summed E-state index contributed by atoms with van der Waals surface area (Å²) in [6, 6.07) is 0. The van der Waals surface area contributed by atoms with Gasteiger partial charge in [0.15, 0.2) is 0 Å². The van der Waals surface area contributed by atoms with Crippen molar-refractivity contribution >= 4 is 18.3 Å². The van der Waals surface area contributed by atoms with E-state index in [1.165, 1.54) is 0 Å². The molecule has 1 amide bonds. The molecule has 0 spiro atoms. The molecule has 0 radical (unpaired) electrons. The fourth-order valence-corrected chi connectivity index (χ4v) is 2.99. The molecule has 1 aliphatic heterocycles. The van der Waals surface area contributed by atoms with Crippen molar-refractivity contribution < 1.29 is 4.79 Å². The molecule has 2 atom stereocenters. The largest absolute Gasteiger partial charge is 0.345 e. The van der Waals surface area contributed by atoms with Gasteiger partial charge in [0.1, 0.15) is 0 Å². The lowest BCUT2D eigenvalue weighted by atomic mass is 9.89. The average molecular weight is 315 g/mol. The van der Waals surface area contributed by atoms with Crippen LogP contribution in [0.4, 0.5) is 0 Å². The number of nitrogens with zero attached hydrogens (tertiary/aromatic N) is 3. The number of amides is 1. The maximum atomic E-state index is 12.7. The number of aromatic nitrogens is 2. The first-order valence-electron chi connectivity index (χ1n) is 7.22. The number of aryl methyl sites for hydroxylation is 1. The summed E-state index contributed by atoms with van der Waals surface area (Å²) in [4.78, 5) is 14.5. The summed E-state index contributed by atoms with van der Waals surface area (Å²) in [5, 5.41) is 7.57. The van der Waals surface area contributed by atoms with Crippen molar-refractivity contribution in [2.45, 2.75) is 26.7 Å². The fourth-order valence-electron chi connectivity index (χ4n) is 2.99. The zero-order valence-corrected chi connectivity index (χ0v) is 14.4. The molecular weight excluding hydrogens is 288 g/mol. The minimum atomic E-state index is 0. The number of halogens is 1. The van der Waals surface area contributed by atoms with Crippen LogP contribution in [0.1, 0.15) is 32.3 Å². The highest BCUT2D eigenvalue weighted by molar-refractivity contribution is 5.85. The Labute approximate surface area is 133 Å². The standard InChI is InChI=1S/C15H26N4O.ClH/c1-15(2,3)10-18(4)14(20)13-8-16-7-12(13)11-6-17-19(5)9-11;/h6,9,12-13,16H,7-8,10H2,1-5H3;1H/t12-,13+;/m1./s1. The van der Waals surface area contributed by atoms with E-state index in [9.17, 15) is 4.79 Å². The van der Waals surface area contributed by atoms with Crippen molar-refractivity contribution in [1.82, 2.24) is 20.0 Å². The lowest BCUT2D eigenvalue weighted by molar-refractivity contribution is -0.135. The Hall–Kier alpha value is -1.07. The van der Waals surface area contributed by atoms with Crippen LogP contribution in [0.2, 0.25) is 0 Å². The summed E-state index contributed by atoms with van der Waals surface area (Å²) in [5.74, 6) is 0.490. The predicted molar refractivity (Wildman–Crippen MR) is 86.6 cm³/mol. The van der Waals surface area contributed by atoms with Crippen LogP contribution in [0.15, 0.2) is 12.4 Å². The molecule has 1 aromatic rings. The number of rotatable bonds is 3. The van der Waals surface area contributed by atoms with Gasteiger partial charge >= 0.3 is 0 Å². The molecule has 2 heterocycles. The van der Waals surface area contributed by atoms with Gasteiger partial charge in [-0.3, -0.25) is 9.48 Å². The number of carbonyl (C=O) groups excluding carboxylic acids is 1. The molecule has 120 valence electrons. The number of hydrogen-bond acceptors (Lipinski definition) is 3. The first-order chi connectivity index (χ1) is 9.28. The molecule has 5 nitrogen and oxygen atoms in total. The van der Waals surface area contributed by atoms with Crippen molar-refractivity contribution in [3.05, 3.63) is 18.0 Å². The molecule has 0 unspecified atom stereocenters. The highest BCUT2D eigenvalue weighted by Crippen LogP contribution is 2.29. The maximum Gasteiger partial charge on any atom is 0.227 e. The van der Waals surface area contributed by atoms with Gasteiger partial charge in [-0.2, -0.15) is 5.10 Å². The molecule has 0 aromatic carbocycles. The van der Waals surface area contributed by atoms with Crippen molar-refractivity contribution in [2.24, 2.45) is 18.4 Å². The second-order valence-electron chi connectivity index (χ2n) is 7.07. The molecule has 1 fully saturated rings. The summed E-state index contributed by atoms with van der Waals surface area (Å²) in [5.41, 5.74) is 1.28. The van der Waals surface area contributed by atoms with E-state index in [0.717, 1.165) is 25.2 Å². The molecule has 1 aromatic heterocycles. The van der Waals surface area contributed by atoms with E-state index in [-0.39, 0.29) is 35.6 Å². The number of nitrogens with one attached hydrogen (secondary N) is 1. The summed E-state index contributed by atoms with van der Waals surface area (Å²) in [7, 11) is 3.82. The van der Waals surface area contributed by atoms with E-state index in [1.54, 1.807) is 4.68 Å². The Morgan fingerprint density at radius 2 is 2.14 bits per heavy atom. The van der Waals surface area contributed by atoms with Gasteiger partial charge in [0.25, 0.3) is 0 Å². The van der Waals surface area contributed by atoms with Gasteiger partial charge in [-0.25, -0.2) is 0 Å². The molecule has 1 N–H and O–H groups in total. The normalized spacial score (nSPS) is 22.0. The van der Waals surface area contributed by atoms with Crippen molar-refractivity contribution in [3.8, 4) is 0 Å². The third kappa shape index (κ3) is 4.45. The first-order valence-corrected chi connectivity index (χ1v) is 7.22. The van der Waals surface area contributed by atoms with Crippen molar-refractivity contribution in [2.75, 3.05) is 26.7 Å². The topological polar surface area (TPSA) is 50.2 Å². The SMILES string of the molecule is CN(CC(C)(C)C)C(=O)[C@H]1CNC[C@@H]1c1cnn(C)c1.Cl. The zero-order valence-electron chi connectivity index (χ0n) is 13.6. The number of hydrogen-bond donors (Lipinski definition) is 1. The molecule has 0 saturated carbocycles. The van der Waals surface area contributed by atoms with E-state index in [0.29, 0.717) is 0 Å². The van der Waals surface area contributed by atoms with Crippen LogP contribution in [-0.4, -0.2) is 47.3 Å². The second-order valence-corrected chi connectivity index (χ2v) is 7.07. The maximum absolute atomic E-state index is 12.7. The summed E-state index contributed by atoms with van der Waals surface area (Å²) >= 11 is 0. The number of carbonyl (C=O) groups is 1. The summed E-state index contributed by atoms with van der Waals surface area (Å²) < 4.78 is 1.80. The van der Waals surface area contributed by atoms with E-state index >= 15 is 0 Å². The van der Waals surface area contributed by atoms with Crippen LogP contribution in [0.3, 0.4) is 0 Å². The minimum Gasteiger partial charge on any atom is -0.345 e. The Morgan fingerprint density at radius 1 is 1.48 bits per heavy atom. The summed E-state index contributed by atoms with van der Waals surface area (Å²) in [6.07, 6.45) is 3.89. The Balaban J connectivity index is 0.00000220. The quantitative estimate of drug-likeness (QED) is 0.923. The van der Waals surface area contributed by atoms with Gasteiger partial charge in [0, 0.05) is 45.8 Å². The van der Waals surface area contributed by atoms with Gasteiger partial charge in [-0.1, -0.05) is 20.8 Å². The third-order valence-electron chi connectivity index (χ3n) is 3.77.